The van der Waals surface area contributed by atoms with Crippen LogP contribution in [0.2, 0.25) is 0 Å². The summed E-state index contributed by atoms with van der Waals surface area (Å²) in [5, 5.41) is 11.2. The van der Waals surface area contributed by atoms with Crippen LogP contribution in [0.25, 0.3) is 0 Å². The summed E-state index contributed by atoms with van der Waals surface area (Å²) >= 11 is 1.08. The number of imide groups is 1. The Morgan fingerprint density at radius 1 is 1.47 bits per heavy atom. The zero-order valence-electron chi connectivity index (χ0n) is 16.9. The van der Waals surface area contributed by atoms with Crippen molar-refractivity contribution in [3.05, 3.63) is 22.9 Å². The summed E-state index contributed by atoms with van der Waals surface area (Å²) < 4.78 is 31.9. The average molecular weight is 486 g/mol. The van der Waals surface area contributed by atoms with Crippen LogP contribution in [0, 0.1) is 6.92 Å². The Hall–Kier alpha value is -3.73. The number of likely N-dealkylation sites (tertiary alicyclic amines) is 1. The summed E-state index contributed by atoms with van der Waals surface area (Å²) in [4.78, 5) is 46.2. The van der Waals surface area contributed by atoms with Crippen molar-refractivity contribution >= 4 is 56.1 Å². The fourth-order valence-corrected chi connectivity index (χ4v) is 3.84. The van der Waals surface area contributed by atoms with Gasteiger partial charge in [0, 0.05) is 18.5 Å². The average Bonchev–Trinajstić information content (AvgIpc) is 3.35. The molecule has 32 heavy (non-hydrogen) atoms. The highest BCUT2D eigenvalue weighted by atomic mass is 32.2. The van der Waals surface area contributed by atoms with Crippen molar-refractivity contribution in [3.63, 3.8) is 0 Å². The third-order valence-electron chi connectivity index (χ3n) is 4.16. The normalized spacial score (nSPS) is 16.3. The Bertz CT molecular complexity index is 1190. The molecule has 0 bridgehead atoms. The van der Waals surface area contributed by atoms with E-state index in [9.17, 15) is 22.8 Å². The van der Waals surface area contributed by atoms with E-state index in [0.29, 0.717) is 15.0 Å². The van der Waals surface area contributed by atoms with Crippen LogP contribution in [0.5, 0.6) is 0 Å². The number of thiazole rings is 1. The molecule has 0 aliphatic carbocycles. The number of carbonyl (C=O) groups excluding carboxylic acids is 3. The van der Waals surface area contributed by atoms with Gasteiger partial charge in [0.05, 0.1) is 6.54 Å². The monoisotopic (exact) mass is 486 g/mol. The van der Waals surface area contributed by atoms with E-state index in [1.54, 1.807) is 11.6 Å². The van der Waals surface area contributed by atoms with Crippen molar-refractivity contribution in [3.8, 4) is 0 Å². The summed E-state index contributed by atoms with van der Waals surface area (Å²) in [5.41, 5.74) is 5.47. The topological polar surface area (TPSA) is 202 Å². The molecule has 2 aromatic heterocycles. The van der Waals surface area contributed by atoms with Gasteiger partial charge in [0.2, 0.25) is 0 Å². The Morgan fingerprint density at radius 3 is 2.72 bits per heavy atom. The second kappa shape index (κ2) is 8.79. The lowest BCUT2D eigenvalue weighted by atomic mass is 10.1. The maximum atomic E-state index is 12.5. The molecule has 15 nitrogen and oxygen atoms in total. The van der Waals surface area contributed by atoms with E-state index in [4.69, 9.17) is 10.3 Å². The molecule has 0 radical (unpaired) electrons. The maximum Gasteiger partial charge on any atom is 0.339 e. The van der Waals surface area contributed by atoms with Gasteiger partial charge in [0.15, 0.2) is 16.7 Å². The highest BCUT2D eigenvalue weighted by Crippen LogP contribution is 2.17. The molecule has 1 atom stereocenters. The molecule has 1 saturated heterocycles. The molecule has 3 heterocycles. The minimum atomic E-state index is -4.36. The van der Waals surface area contributed by atoms with Crippen molar-refractivity contribution in [2.24, 2.45) is 5.16 Å². The van der Waals surface area contributed by atoms with Crippen molar-refractivity contribution in [2.45, 2.75) is 13.0 Å². The van der Waals surface area contributed by atoms with Gasteiger partial charge in [-0.05, 0) is 6.92 Å². The molecule has 2 aromatic rings. The Morgan fingerprint density at radius 2 is 2.19 bits per heavy atom. The van der Waals surface area contributed by atoms with Gasteiger partial charge in [0.1, 0.15) is 24.6 Å². The molecule has 4 N–H and O–H groups in total. The summed E-state index contributed by atoms with van der Waals surface area (Å²) in [5.74, 6) is -1.30. The van der Waals surface area contributed by atoms with Gasteiger partial charge in [-0.1, -0.05) is 10.3 Å². The number of nitrogens with one attached hydrogen (secondary N) is 2. The fourth-order valence-electron chi connectivity index (χ4n) is 2.49. The van der Waals surface area contributed by atoms with Crippen LogP contribution in [0.3, 0.4) is 0 Å². The molecule has 0 aromatic carbocycles. The number of aryl methyl sites for hydroxylation is 1. The number of rotatable bonds is 7. The number of hydrogen-bond acceptors (Lipinski definition) is 12. The highest BCUT2D eigenvalue weighted by Gasteiger charge is 2.44. The smallest absolute Gasteiger partial charge is 0.339 e. The first-order valence-electron chi connectivity index (χ1n) is 8.72. The van der Waals surface area contributed by atoms with Crippen molar-refractivity contribution in [1.29, 1.82) is 0 Å². The number of nitrogen functional groups attached to an aromatic ring is 1. The first-order valence-corrected chi connectivity index (χ1v) is 11.0. The summed E-state index contributed by atoms with van der Waals surface area (Å²) in [6.45, 7) is 1.30. The largest absolute Gasteiger partial charge is 0.398 e. The lowest BCUT2D eigenvalue weighted by molar-refractivity contribution is -0.141. The summed E-state index contributed by atoms with van der Waals surface area (Å²) in [6.07, 6.45) is 0. The van der Waals surface area contributed by atoms with Crippen LogP contribution in [-0.2, 0) is 24.6 Å². The van der Waals surface area contributed by atoms with Crippen molar-refractivity contribution in [1.82, 2.24) is 25.1 Å². The van der Waals surface area contributed by atoms with Crippen LogP contribution in [0.4, 0.5) is 15.7 Å². The number of carbonyl (C=O) groups is 3. The Labute approximate surface area is 185 Å². The van der Waals surface area contributed by atoms with E-state index in [-0.39, 0.29) is 28.9 Å². The zero-order chi connectivity index (χ0) is 23.6. The van der Waals surface area contributed by atoms with Gasteiger partial charge in [-0.15, -0.1) is 11.3 Å². The molecule has 0 spiro atoms. The number of oxime groups is 1. The minimum absolute atomic E-state index is 0.0597. The molecule has 1 fully saturated rings. The first-order chi connectivity index (χ1) is 15.0. The molecular formula is C15H18N8O7S2. The number of urea groups is 1. The number of nitrogens with zero attached hydrogens (tertiary/aromatic N) is 5. The number of hydrogen-bond donors (Lipinski definition) is 3. The third-order valence-corrected chi connectivity index (χ3v) is 6.17. The second-order valence-electron chi connectivity index (χ2n) is 6.34. The predicted octanol–water partition coefficient (Wildman–Crippen LogP) is -1.21. The summed E-state index contributed by atoms with van der Waals surface area (Å²) in [7, 11) is -1.99. The number of aromatic nitrogens is 2. The van der Waals surface area contributed by atoms with Crippen LogP contribution < -0.4 is 20.1 Å². The molecule has 0 unspecified atom stereocenters. The molecule has 4 amide bonds. The molecule has 0 saturated carbocycles. The van der Waals surface area contributed by atoms with Crippen molar-refractivity contribution in [2.75, 3.05) is 30.7 Å². The number of nitrogens with two attached hydrogens (primary N) is 1. The lowest BCUT2D eigenvalue weighted by Gasteiger charge is -2.36. The van der Waals surface area contributed by atoms with E-state index >= 15 is 0 Å². The molecule has 1 aliphatic heterocycles. The second-order valence-corrected chi connectivity index (χ2v) is 8.94. The van der Waals surface area contributed by atoms with Gasteiger partial charge in [-0.3, -0.25) is 14.5 Å². The van der Waals surface area contributed by atoms with E-state index < -0.39 is 34.1 Å². The van der Waals surface area contributed by atoms with Crippen LogP contribution in [0.1, 0.15) is 11.5 Å². The fraction of sp³-hybridized carbons (Fsp3) is 0.333. The van der Waals surface area contributed by atoms with Gasteiger partial charge in [-0.25, -0.2) is 18.8 Å². The van der Waals surface area contributed by atoms with E-state index in [1.807, 2.05) is 0 Å². The Balaban J connectivity index is 1.60. The van der Waals surface area contributed by atoms with Gasteiger partial charge < -0.3 is 20.4 Å². The van der Waals surface area contributed by atoms with Gasteiger partial charge in [-0.2, -0.15) is 8.42 Å². The van der Waals surface area contributed by atoms with Gasteiger partial charge >= 0.3 is 16.2 Å². The van der Waals surface area contributed by atoms with Crippen LogP contribution >= 0.6 is 11.3 Å². The quantitative estimate of drug-likeness (QED) is 0.242. The number of β-lactam (4-membered cyclic amide) rings is 1. The van der Waals surface area contributed by atoms with Crippen molar-refractivity contribution < 1.29 is 32.2 Å². The maximum absolute atomic E-state index is 12.5. The standard InChI is InChI=1S/C15H18N8O7S2/c1-7-4-10(19-30-7)22(2)32(27,28)21-15(26)23-5-8(13(23)25)17-12(24)11(20-29-3)9-6-31-14(16)18-9/h4,6,8H,5H2,1-3H3,(H2,16,18)(H,17,24)(H,21,26)/t8-/m0/s1. The van der Waals surface area contributed by atoms with Crippen LogP contribution in [-0.4, -0.2) is 73.8 Å². The zero-order valence-corrected chi connectivity index (χ0v) is 18.6. The molecule has 1 aliphatic rings. The lowest BCUT2D eigenvalue weighted by Crippen LogP contribution is -2.68. The third kappa shape index (κ3) is 4.62. The minimum Gasteiger partial charge on any atom is -0.398 e. The van der Waals surface area contributed by atoms with Crippen LogP contribution in [0.15, 0.2) is 21.1 Å². The number of anilines is 2. The van der Waals surface area contributed by atoms with E-state index in [1.165, 1.54) is 18.6 Å². The molecule has 172 valence electrons. The highest BCUT2D eigenvalue weighted by molar-refractivity contribution is 7.91. The van der Waals surface area contributed by atoms with E-state index in [2.05, 4.69) is 25.5 Å². The Kier molecular flexibility index (Phi) is 6.30. The van der Waals surface area contributed by atoms with E-state index in [0.717, 1.165) is 18.4 Å². The predicted molar refractivity (Wildman–Crippen MR) is 111 cm³/mol. The molecule has 3 rings (SSSR count). The number of amides is 4. The first kappa shape index (κ1) is 22.9. The molecule has 17 heteroatoms. The molecular weight excluding hydrogens is 468 g/mol. The summed E-state index contributed by atoms with van der Waals surface area (Å²) in [6, 6.07) is -0.922. The SMILES string of the molecule is CON=C(C(=O)N[C@H]1CN(C(=O)NS(=O)(=O)N(C)c2cc(C)on2)C1=O)c1csc(N)n1. The van der Waals surface area contributed by atoms with Gasteiger partial charge in [0.25, 0.3) is 11.8 Å².